The number of allylic oxidation sites excluding steroid dienone is 1. The molecule has 0 saturated carbocycles. The molecule has 3 nitrogen and oxygen atoms in total. The number of hydrogen-bond donors (Lipinski definition) is 1. The molecule has 29 heavy (non-hydrogen) atoms. The molecule has 0 spiro atoms. The van der Waals surface area contributed by atoms with Crippen LogP contribution in [-0.4, -0.2) is 12.3 Å². The number of aryl methyl sites for hydroxylation is 1. The summed E-state index contributed by atoms with van der Waals surface area (Å²) in [5.74, 6) is 0.791. The monoisotopic (exact) mass is 386 g/mol. The van der Waals surface area contributed by atoms with Crippen LogP contribution in [0.5, 0.6) is 0 Å². The Kier molecular flexibility index (Phi) is 6.88. The summed E-state index contributed by atoms with van der Waals surface area (Å²) in [6.45, 7) is 7.61. The molecule has 3 rings (SSSR count). The first-order valence-electron chi connectivity index (χ1n) is 10.5. The van der Waals surface area contributed by atoms with E-state index in [1.54, 1.807) is 0 Å². The van der Waals surface area contributed by atoms with Crippen LogP contribution in [-0.2, 0) is 0 Å². The quantitative estimate of drug-likeness (QED) is 0.610. The van der Waals surface area contributed by atoms with E-state index in [2.05, 4.69) is 62.6 Å². The second kappa shape index (κ2) is 9.56. The average Bonchev–Trinajstić information content (AvgIpc) is 2.75. The first-order chi connectivity index (χ1) is 14.0. The SMILES string of the molecule is CCC1CNC=C(C(c2cccc(C(=O)CCC#N)c2)c2cccc(C)c2C)C1. The Morgan fingerprint density at radius 1 is 1.24 bits per heavy atom. The highest BCUT2D eigenvalue weighted by Crippen LogP contribution is 2.39. The molecule has 0 fully saturated rings. The molecule has 0 aliphatic carbocycles. The minimum atomic E-state index is 0.0373. The van der Waals surface area contributed by atoms with E-state index in [0.717, 1.165) is 24.9 Å². The number of nitrogens with zero attached hydrogens (tertiary/aromatic N) is 1. The zero-order chi connectivity index (χ0) is 20.8. The summed E-state index contributed by atoms with van der Waals surface area (Å²) < 4.78 is 0. The van der Waals surface area contributed by atoms with Crippen LogP contribution >= 0.6 is 0 Å². The van der Waals surface area contributed by atoms with Gasteiger partial charge in [0.1, 0.15) is 0 Å². The molecule has 1 aliphatic rings. The Bertz CT molecular complexity index is 951. The van der Waals surface area contributed by atoms with Crippen LogP contribution in [0.15, 0.2) is 54.2 Å². The summed E-state index contributed by atoms with van der Waals surface area (Å²) in [6.07, 6.45) is 4.93. The number of carbonyl (C=O) groups is 1. The fraction of sp³-hybridized carbons (Fsp3) is 0.385. The molecule has 3 heteroatoms. The molecular formula is C26H30N2O. The van der Waals surface area contributed by atoms with Gasteiger partial charge in [-0.3, -0.25) is 4.79 Å². The zero-order valence-corrected chi connectivity index (χ0v) is 17.7. The predicted octanol–water partition coefficient (Wildman–Crippen LogP) is 5.83. The van der Waals surface area contributed by atoms with Crippen molar-refractivity contribution in [3.05, 3.63) is 82.1 Å². The third-order valence-corrected chi connectivity index (χ3v) is 6.13. The fourth-order valence-corrected chi connectivity index (χ4v) is 4.20. The van der Waals surface area contributed by atoms with Gasteiger partial charge in [-0.1, -0.05) is 49.7 Å². The summed E-state index contributed by atoms with van der Waals surface area (Å²) in [4.78, 5) is 12.5. The van der Waals surface area contributed by atoms with E-state index in [1.165, 1.54) is 22.3 Å². The molecular weight excluding hydrogens is 356 g/mol. The van der Waals surface area contributed by atoms with Gasteiger partial charge in [-0.25, -0.2) is 0 Å². The van der Waals surface area contributed by atoms with Crippen LogP contribution in [0, 0.1) is 31.1 Å². The zero-order valence-electron chi connectivity index (χ0n) is 17.7. The summed E-state index contributed by atoms with van der Waals surface area (Å²) in [5, 5.41) is 12.3. The van der Waals surface area contributed by atoms with Crippen molar-refractivity contribution in [2.24, 2.45) is 5.92 Å². The van der Waals surface area contributed by atoms with Crippen molar-refractivity contribution in [2.75, 3.05) is 6.54 Å². The van der Waals surface area contributed by atoms with Crippen LogP contribution in [0.2, 0.25) is 0 Å². The second-order valence-corrected chi connectivity index (χ2v) is 8.03. The normalized spacial score (nSPS) is 17.0. The molecule has 0 bridgehead atoms. The van der Waals surface area contributed by atoms with E-state index >= 15 is 0 Å². The topological polar surface area (TPSA) is 52.9 Å². The molecule has 0 amide bonds. The van der Waals surface area contributed by atoms with E-state index in [-0.39, 0.29) is 24.5 Å². The molecule has 2 unspecified atom stereocenters. The predicted molar refractivity (Wildman–Crippen MR) is 118 cm³/mol. The van der Waals surface area contributed by atoms with Crippen LogP contribution in [0.4, 0.5) is 0 Å². The number of nitrogens with one attached hydrogen (secondary N) is 1. The van der Waals surface area contributed by atoms with Crippen molar-refractivity contribution < 1.29 is 4.79 Å². The highest BCUT2D eigenvalue weighted by atomic mass is 16.1. The third kappa shape index (κ3) is 4.77. The Morgan fingerprint density at radius 3 is 2.79 bits per heavy atom. The largest absolute Gasteiger partial charge is 0.391 e. The molecule has 0 saturated heterocycles. The number of rotatable bonds is 7. The van der Waals surface area contributed by atoms with E-state index in [0.29, 0.717) is 11.5 Å². The Labute approximate surface area is 174 Å². The van der Waals surface area contributed by atoms with Gasteiger partial charge in [0.15, 0.2) is 5.78 Å². The lowest BCUT2D eigenvalue weighted by Crippen LogP contribution is -2.26. The van der Waals surface area contributed by atoms with Crippen molar-refractivity contribution >= 4 is 5.78 Å². The van der Waals surface area contributed by atoms with Gasteiger partial charge in [0.2, 0.25) is 0 Å². The fourth-order valence-electron chi connectivity index (χ4n) is 4.20. The highest BCUT2D eigenvalue weighted by molar-refractivity contribution is 5.96. The minimum Gasteiger partial charge on any atom is -0.391 e. The van der Waals surface area contributed by atoms with Crippen molar-refractivity contribution in [3.63, 3.8) is 0 Å². The van der Waals surface area contributed by atoms with Crippen molar-refractivity contribution in [2.45, 2.75) is 52.4 Å². The smallest absolute Gasteiger partial charge is 0.163 e. The number of benzene rings is 2. The number of Topliss-reactive ketones (excluding diaryl/α,β-unsaturated/α-hetero) is 1. The number of carbonyl (C=O) groups excluding carboxylic acids is 1. The lowest BCUT2D eigenvalue weighted by molar-refractivity contribution is 0.0984. The molecule has 150 valence electrons. The van der Waals surface area contributed by atoms with Crippen molar-refractivity contribution in [1.82, 2.24) is 5.32 Å². The molecule has 2 aromatic carbocycles. The van der Waals surface area contributed by atoms with Crippen LogP contribution in [0.1, 0.15) is 71.1 Å². The maximum atomic E-state index is 12.5. The van der Waals surface area contributed by atoms with Gasteiger partial charge >= 0.3 is 0 Å². The van der Waals surface area contributed by atoms with Crippen LogP contribution in [0.3, 0.4) is 0 Å². The van der Waals surface area contributed by atoms with Gasteiger partial charge in [-0.05, 0) is 66.3 Å². The average molecular weight is 387 g/mol. The maximum Gasteiger partial charge on any atom is 0.163 e. The first-order valence-corrected chi connectivity index (χ1v) is 10.5. The Balaban J connectivity index is 2.07. The standard InChI is InChI=1S/C26H30N2O/c1-4-20-14-23(17-28-16-20)26(24-11-5-8-18(2)19(24)3)22-10-6-9-21(15-22)25(29)12-7-13-27/h5-6,8-11,15,17,20,26,28H,4,7,12,14,16H2,1-3H3. The molecule has 2 aromatic rings. The molecule has 0 radical (unpaired) electrons. The molecule has 1 heterocycles. The third-order valence-electron chi connectivity index (χ3n) is 6.13. The van der Waals surface area contributed by atoms with Gasteiger partial charge in [0, 0.05) is 30.9 Å². The first kappa shape index (κ1) is 20.9. The minimum absolute atomic E-state index is 0.0373. The molecule has 2 atom stereocenters. The van der Waals surface area contributed by atoms with Gasteiger partial charge in [-0.2, -0.15) is 5.26 Å². The summed E-state index contributed by atoms with van der Waals surface area (Å²) in [7, 11) is 0. The Hall–Kier alpha value is -2.86. The van der Waals surface area contributed by atoms with E-state index in [9.17, 15) is 4.79 Å². The molecule has 1 aliphatic heterocycles. The summed E-state index contributed by atoms with van der Waals surface area (Å²) in [5.41, 5.74) is 7.11. The molecule has 0 aromatic heterocycles. The van der Waals surface area contributed by atoms with Crippen molar-refractivity contribution in [1.29, 1.82) is 5.26 Å². The van der Waals surface area contributed by atoms with Crippen molar-refractivity contribution in [3.8, 4) is 6.07 Å². The Morgan fingerprint density at radius 2 is 2.03 bits per heavy atom. The van der Waals surface area contributed by atoms with Gasteiger partial charge in [0.25, 0.3) is 0 Å². The number of ketones is 1. The van der Waals surface area contributed by atoms with Gasteiger partial charge < -0.3 is 5.32 Å². The lowest BCUT2D eigenvalue weighted by atomic mass is 9.77. The molecule has 1 N–H and O–H groups in total. The van der Waals surface area contributed by atoms with E-state index in [4.69, 9.17) is 5.26 Å². The summed E-state index contributed by atoms with van der Waals surface area (Å²) in [6, 6.07) is 16.6. The number of nitriles is 1. The maximum absolute atomic E-state index is 12.5. The lowest BCUT2D eigenvalue weighted by Gasteiger charge is -2.30. The van der Waals surface area contributed by atoms with Crippen LogP contribution in [0.25, 0.3) is 0 Å². The van der Waals surface area contributed by atoms with E-state index < -0.39 is 0 Å². The van der Waals surface area contributed by atoms with Crippen LogP contribution < -0.4 is 5.32 Å². The highest BCUT2D eigenvalue weighted by Gasteiger charge is 2.26. The van der Waals surface area contributed by atoms with Gasteiger partial charge in [0.05, 0.1) is 6.07 Å². The van der Waals surface area contributed by atoms with Gasteiger partial charge in [-0.15, -0.1) is 0 Å². The number of hydrogen-bond acceptors (Lipinski definition) is 3. The summed E-state index contributed by atoms with van der Waals surface area (Å²) >= 11 is 0. The van der Waals surface area contributed by atoms with E-state index in [1.807, 2.05) is 18.2 Å². The second-order valence-electron chi connectivity index (χ2n) is 8.03.